The van der Waals surface area contributed by atoms with Gasteiger partial charge >= 0.3 is 5.97 Å². The van der Waals surface area contributed by atoms with E-state index in [9.17, 15) is 4.79 Å². The zero-order valence-corrected chi connectivity index (χ0v) is 8.53. The minimum absolute atomic E-state index is 0.300. The van der Waals surface area contributed by atoms with Gasteiger partial charge in [0.25, 0.3) is 0 Å². The lowest BCUT2D eigenvalue weighted by atomic mass is 9.97. The van der Waals surface area contributed by atoms with Crippen LogP contribution in [0.4, 0.5) is 0 Å². The lowest BCUT2D eigenvalue weighted by Crippen LogP contribution is -2.38. The lowest BCUT2D eigenvalue weighted by Gasteiger charge is -2.31. The summed E-state index contributed by atoms with van der Waals surface area (Å²) in [7, 11) is 0. The Morgan fingerprint density at radius 1 is 1.57 bits per heavy atom. The van der Waals surface area contributed by atoms with Crippen molar-refractivity contribution in [1.82, 2.24) is 0 Å². The maximum Gasteiger partial charge on any atom is 0.332 e. The fourth-order valence-corrected chi connectivity index (χ4v) is 1.54. The molecule has 0 saturated carbocycles. The predicted octanol–water partition coefficient (Wildman–Crippen LogP) is 1.76. The summed E-state index contributed by atoms with van der Waals surface area (Å²) < 4.78 is 10.5. The molecule has 4 heteroatoms. The van der Waals surface area contributed by atoms with Crippen molar-refractivity contribution in [3.8, 4) is 0 Å². The summed E-state index contributed by atoms with van der Waals surface area (Å²) in [4.78, 5) is 10.7. The SMILES string of the molecule is C=C(C)OC1CC(C)CC(C(=O)O)O1. The van der Waals surface area contributed by atoms with Gasteiger partial charge in [0.1, 0.15) is 0 Å². The largest absolute Gasteiger partial charge is 0.479 e. The molecule has 0 bridgehead atoms. The first kappa shape index (κ1) is 11.0. The number of aliphatic carboxylic acids is 1. The van der Waals surface area contributed by atoms with Gasteiger partial charge in [-0.25, -0.2) is 4.79 Å². The van der Waals surface area contributed by atoms with E-state index in [-0.39, 0.29) is 0 Å². The molecular formula is C10H16O4. The summed E-state index contributed by atoms with van der Waals surface area (Å²) in [6, 6.07) is 0. The van der Waals surface area contributed by atoms with Crippen molar-refractivity contribution in [3.05, 3.63) is 12.3 Å². The Labute approximate surface area is 83.5 Å². The Morgan fingerprint density at radius 2 is 2.21 bits per heavy atom. The fraction of sp³-hybridized carbons (Fsp3) is 0.700. The van der Waals surface area contributed by atoms with Crippen molar-refractivity contribution in [2.75, 3.05) is 0 Å². The maximum absolute atomic E-state index is 10.7. The van der Waals surface area contributed by atoms with Gasteiger partial charge in [0.15, 0.2) is 6.10 Å². The van der Waals surface area contributed by atoms with E-state index in [1.807, 2.05) is 6.92 Å². The standard InChI is InChI=1S/C10H16O4/c1-6(2)13-9-5-7(3)4-8(14-9)10(11)12/h7-9H,1,4-5H2,2-3H3,(H,11,12). The monoisotopic (exact) mass is 200 g/mol. The van der Waals surface area contributed by atoms with Gasteiger partial charge in [-0.15, -0.1) is 0 Å². The minimum Gasteiger partial charge on any atom is -0.479 e. The molecule has 0 amide bonds. The highest BCUT2D eigenvalue weighted by Gasteiger charge is 2.32. The molecule has 1 aliphatic heterocycles. The van der Waals surface area contributed by atoms with E-state index in [1.54, 1.807) is 6.92 Å². The maximum atomic E-state index is 10.7. The van der Waals surface area contributed by atoms with Crippen LogP contribution in [0.3, 0.4) is 0 Å². The van der Waals surface area contributed by atoms with Crippen LogP contribution in [0.25, 0.3) is 0 Å². The highest BCUT2D eigenvalue weighted by Crippen LogP contribution is 2.26. The molecule has 0 aromatic heterocycles. The lowest BCUT2D eigenvalue weighted by molar-refractivity contribution is -0.201. The molecule has 1 aliphatic rings. The first-order valence-corrected chi connectivity index (χ1v) is 4.69. The average molecular weight is 200 g/mol. The van der Waals surface area contributed by atoms with E-state index < -0.39 is 18.4 Å². The van der Waals surface area contributed by atoms with Crippen molar-refractivity contribution in [1.29, 1.82) is 0 Å². The van der Waals surface area contributed by atoms with Gasteiger partial charge in [-0.1, -0.05) is 13.5 Å². The molecule has 0 aliphatic carbocycles. The molecule has 0 aromatic rings. The molecular weight excluding hydrogens is 184 g/mol. The van der Waals surface area contributed by atoms with Crippen molar-refractivity contribution in [3.63, 3.8) is 0 Å². The minimum atomic E-state index is -0.924. The van der Waals surface area contributed by atoms with Crippen molar-refractivity contribution >= 4 is 5.97 Å². The average Bonchev–Trinajstić information content (AvgIpc) is 2.01. The topological polar surface area (TPSA) is 55.8 Å². The van der Waals surface area contributed by atoms with Crippen LogP contribution >= 0.6 is 0 Å². The smallest absolute Gasteiger partial charge is 0.332 e. The highest BCUT2D eigenvalue weighted by atomic mass is 16.7. The second-order valence-corrected chi connectivity index (χ2v) is 3.79. The third-order valence-corrected chi connectivity index (χ3v) is 2.14. The molecule has 3 atom stereocenters. The molecule has 3 unspecified atom stereocenters. The summed E-state index contributed by atoms with van der Waals surface area (Å²) in [6.07, 6.45) is 0.0580. The second kappa shape index (κ2) is 4.46. The van der Waals surface area contributed by atoms with Gasteiger partial charge in [0.05, 0.1) is 5.76 Å². The van der Waals surface area contributed by atoms with Gasteiger partial charge in [0.2, 0.25) is 6.29 Å². The van der Waals surface area contributed by atoms with Crippen molar-refractivity contribution in [2.24, 2.45) is 5.92 Å². The molecule has 1 fully saturated rings. The molecule has 1 rings (SSSR count). The molecule has 1 heterocycles. The number of allylic oxidation sites excluding steroid dienone is 1. The number of carbonyl (C=O) groups is 1. The first-order valence-electron chi connectivity index (χ1n) is 4.69. The molecule has 14 heavy (non-hydrogen) atoms. The van der Waals surface area contributed by atoms with Gasteiger partial charge in [0, 0.05) is 6.42 Å². The summed E-state index contributed by atoms with van der Waals surface area (Å²) >= 11 is 0. The van der Waals surface area contributed by atoms with Crippen LogP contribution in [-0.4, -0.2) is 23.5 Å². The summed E-state index contributed by atoms with van der Waals surface area (Å²) in [6.45, 7) is 7.31. The van der Waals surface area contributed by atoms with Crippen molar-refractivity contribution < 1.29 is 19.4 Å². The number of rotatable bonds is 3. The predicted molar refractivity (Wildman–Crippen MR) is 50.6 cm³/mol. The van der Waals surface area contributed by atoms with E-state index >= 15 is 0 Å². The van der Waals surface area contributed by atoms with Gasteiger partial charge < -0.3 is 14.6 Å². The molecule has 0 radical (unpaired) electrons. The number of ether oxygens (including phenoxy) is 2. The highest BCUT2D eigenvalue weighted by molar-refractivity contribution is 5.72. The quantitative estimate of drug-likeness (QED) is 0.705. The van der Waals surface area contributed by atoms with Crippen molar-refractivity contribution in [2.45, 2.75) is 39.1 Å². The van der Waals surface area contributed by atoms with E-state index in [2.05, 4.69) is 6.58 Å². The van der Waals surface area contributed by atoms with E-state index in [4.69, 9.17) is 14.6 Å². The van der Waals surface area contributed by atoms with Gasteiger partial charge in [-0.3, -0.25) is 0 Å². The third-order valence-electron chi connectivity index (χ3n) is 2.14. The zero-order valence-electron chi connectivity index (χ0n) is 8.53. The van der Waals surface area contributed by atoms with Crippen LogP contribution in [0.2, 0.25) is 0 Å². The Bertz CT molecular complexity index is 236. The third kappa shape index (κ3) is 3.03. The van der Waals surface area contributed by atoms with Crippen LogP contribution in [0.15, 0.2) is 12.3 Å². The molecule has 0 aromatic carbocycles. The fourth-order valence-electron chi connectivity index (χ4n) is 1.54. The number of hydrogen-bond acceptors (Lipinski definition) is 3. The van der Waals surface area contributed by atoms with Crippen LogP contribution in [0.5, 0.6) is 0 Å². The van der Waals surface area contributed by atoms with Gasteiger partial charge in [-0.05, 0) is 19.3 Å². The Kier molecular flexibility index (Phi) is 3.52. The number of carboxylic acid groups (broad SMARTS) is 1. The van der Waals surface area contributed by atoms with Crippen LogP contribution < -0.4 is 0 Å². The Morgan fingerprint density at radius 3 is 2.71 bits per heavy atom. The Hall–Kier alpha value is -1.03. The van der Waals surface area contributed by atoms with Crippen LogP contribution in [0.1, 0.15) is 26.7 Å². The molecule has 4 nitrogen and oxygen atoms in total. The van der Waals surface area contributed by atoms with E-state index in [1.165, 1.54) is 0 Å². The molecule has 1 N–H and O–H groups in total. The molecule has 1 saturated heterocycles. The second-order valence-electron chi connectivity index (χ2n) is 3.79. The molecule has 80 valence electrons. The zero-order chi connectivity index (χ0) is 10.7. The first-order chi connectivity index (χ1) is 6.49. The number of hydrogen-bond donors (Lipinski definition) is 1. The van der Waals surface area contributed by atoms with Crippen LogP contribution in [-0.2, 0) is 14.3 Å². The van der Waals surface area contributed by atoms with Gasteiger partial charge in [-0.2, -0.15) is 0 Å². The molecule has 0 spiro atoms. The number of carboxylic acids is 1. The van der Waals surface area contributed by atoms with E-state index in [0.717, 1.165) is 6.42 Å². The Balaban J connectivity index is 2.53. The summed E-state index contributed by atoms with van der Waals surface area (Å²) in [5.41, 5.74) is 0. The summed E-state index contributed by atoms with van der Waals surface area (Å²) in [5, 5.41) is 8.80. The van der Waals surface area contributed by atoms with Crippen LogP contribution in [0, 0.1) is 5.92 Å². The van der Waals surface area contributed by atoms with E-state index in [0.29, 0.717) is 18.1 Å². The summed E-state index contributed by atoms with van der Waals surface area (Å²) in [5.74, 6) is -0.0747. The normalized spacial score (nSPS) is 32.3.